The molecule has 3 rings (SSSR count). The van der Waals surface area contributed by atoms with E-state index in [0.29, 0.717) is 5.92 Å². The molecule has 0 aromatic carbocycles. The third-order valence-electron chi connectivity index (χ3n) is 3.86. The van der Waals surface area contributed by atoms with E-state index in [1.807, 2.05) is 31.2 Å². The summed E-state index contributed by atoms with van der Waals surface area (Å²) < 4.78 is 1.82. The maximum atomic E-state index is 4.79. The summed E-state index contributed by atoms with van der Waals surface area (Å²) in [5.41, 5.74) is 2.27. The zero-order chi connectivity index (χ0) is 15.0. The Morgan fingerprint density at radius 1 is 1.38 bits per heavy atom. The van der Waals surface area contributed by atoms with Crippen molar-refractivity contribution in [3.63, 3.8) is 0 Å². The molecule has 112 valence electrons. The lowest BCUT2D eigenvalue weighted by Crippen LogP contribution is -2.20. The molecule has 1 fully saturated rings. The van der Waals surface area contributed by atoms with E-state index in [9.17, 15) is 0 Å². The molecule has 2 aromatic heterocycles. The van der Waals surface area contributed by atoms with E-state index in [-0.39, 0.29) is 0 Å². The van der Waals surface area contributed by atoms with Gasteiger partial charge in [0.05, 0.1) is 6.20 Å². The minimum absolute atomic E-state index is 0.545. The molecule has 0 amide bonds. The summed E-state index contributed by atoms with van der Waals surface area (Å²) in [6.07, 6.45) is 6.34. The molecule has 0 spiro atoms. The van der Waals surface area contributed by atoms with Gasteiger partial charge >= 0.3 is 0 Å². The summed E-state index contributed by atoms with van der Waals surface area (Å²) in [5, 5.41) is 7.41. The van der Waals surface area contributed by atoms with E-state index < -0.39 is 0 Å². The smallest absolute Gasteiger partial charge is 0.137 e. The van der Waals surface area contributed by atoms with Gasteiger partial charge in [-0.25, -0.2) is 9.97 Å². The standard InChI is InChI=1S/C15H22N6/c1-10-13(16-2)18-14(12-5-6-12)19-15(10)20(3)8-11-7-17-21(4)9-11/h7,9,12H,5-6,8H2,1-4H3,(H,16,18,19). The zero-order valence-corrected chi connectivity index (χ0v) is 13.1. The van der Waals surface area contributed by atoms with Crippen LogP contribution in [0.25, 0.3) is 0 Å². The number of hydrogen-bond donors (Lipinski definition) is 1. The molecule has 1 aliphatic rings. The lowest BCUT2D eigenvalue weighted by atomic mass is 10.2. The molecule has 1 N–H and O–H groups in total. The number of aromatic nitrogens is 4. The molecule has 6 heteroatoms. The highest BCUT2D eigenvalue weighted by molar-refractivity contribution is 5.58. The Hall–Kier alpha value is -2.11. The lowest BCUT2D eigenvalue weighted by molar-refractivity contribution is 0.766. The highest BCUT2D eigenvalue weighted by Crippen LogP contribution is 2.40. The number of aryl methyl sites for hydroxylation is 1. The summed E-state index contributed by atoms with van der Waals surface area (Å²) in [6.45, 7) is 2.86. The Morgan fingerprint density at radius 3 is 2.71 bits per heavy atom. The van der Waals surface area contributed by atoms with Crippen molar-refractivity contribution in [1.82, 2.24) is 19.7 Å². The SMILES string of the molecule is CNc1nc(C2CC2)nc(N(C)Cc2cnn(C)c2)c1C. The fourth-order valence-electron chi connectivity index (χ4n) is 2.56. The quantitative estimate of drug-likeness (QED) is 0.912. The normalized spacial score (nSPS) is 14.3. The summed E-state index contributed by atoms with van der Waals surface area (Å²) >= 11 is 0. The second-order valence-electron chi connectivity index (χ2n) is 5.78. The monoisotopic (exact) mass is 286 g/mol. The highest BCUT2D eigenvalue weighted by Gasteiger charge is 2.28. The van der Waals surface area contributed by atoms with Crippen molar-refractivity contribution in [2.75, 3.05) is 24.3 Å². The van der Waals surface area contributed by atoms with E-state index in [0.717, 1.165) is 29.6 Å². The molecule has 0 unspecified atom stereocenters. The molecular formula is C15H22N6. The molecule has 0 radical (unpaired) electrons. The third-order valence-corrected chi connectivity index (χ3v) is 3.86. The summed E-state index contributed by atoms with van der Waals surface area (Å²) in [4.78, 5) is 11.6. The molecule has 6 nitrogen and oxygen atoms in total. The second-order valence-corrected chi connectivity index (χ2v) is 5.78. The van der Waals surface area contributed by atoms with E-state index in [1.54, 1.807) is 0 Å². The lowest BCUT2D eigenvalue weighted by Gasteiger charge is -2.21. The van der Waals surface area contributed by atoms with Crippen LogP contribution >= 0.6 is 0 Å². The Morgan fingerprint density at radius 2 is 2.14 bits per heavy atom. The van der Waals surface area contributed by atoms with Crippen LogP contribution in [0, 0.1) is 6.92 Å². The Labute approximate surface area is 125 Å². The van der Waals surface area contributed by atoms with E-state index in [2.05, 4.69) is 34.3 Å². The van der Waals surface area contributed by atoms with Crippen molar-refractivity contribution in [2.24, 2.45) is 7.05 Å². The van der Waals surface area contributed by atoms with E-state index >= 15 is 0 Å². The van der Waals surface area contributed by atoms with Crippen molar-refractivity contribution in [3.8, 4) is 0 Å². The molecular weight excluding hydrogens is 264 g/mol. The van der Waals surface area contributed by atoms with Gasteiger partial charge in [0.15, 0.2) is 0 Å². The topological polar surface area (TPSA) is 58.9 Å². The Kier molecular flexibility index (Phi) is 3.53. The first-order valence-corrected chi connectivity index (χ1v) is 7.33. The van der Waals surface area contributed by atoms with Crippen molar-refractivity contribution in [1.29, 1.82) is 0 Å². The first kappa shape index (κ1) is 13.9. The van der Waals surface area contributed by atoms with Gasteiger partial charge in [-0.1, -0.05) is 0 Å². The number of hydrogen-bond acceptors (Lipinski definition) is 5. The van der Waals surface area contributed by atoms with E-state index in [4.69, 9.17) is 4.98 Å². The maximum absolute atomic E-state index is 4.79. The summed E-state index contributed by atoms with van der Waals surface area (Å²) in [6, 6.07) is 0. The molecule has 1 aliphatic carbocycles. The zero-order valence-electron chi connectivity index (χ0n) is 13.1. The van der Waals surface area contributed by atoms with Crippen molar-refractivity contribution >= 4 is 11.6 Å². The van der Waals surface area contributed by atoms with Crippen LogP contribution in [-0.4, -0.2) is 33.8 Å². The average molecular weight is 286 g/mol. The molecule has 0 bridgehead atoms. The largest absolute Gasteiger partial charge is 0.373 e. The molecule has 2 heterocycles. The first-order valence-electron chi connectivity index (χ1n) is 7.33. The summed E-state index contributed by atoms with van der Waals surface area (Å²) in [5.74, 6) is 3.45. The molecule has 0 aliphatic heterocycles. The van der Waals surface area contributed by atoms with Crippen LogP contribution in [0.3, 0.4) is 0 Å². The molecule has 1 saturated carbocycles. The molecule has 0 atom stereocenters. The molecule has 21 heavy (non-hydrogen) atoms. The van der Waals surface area contributed by atoms with Gasteiger partial charge in [0.1, 0.15) is 17.5 Å². The predicted molar refractivity (Wildman–Crippen MR) is 83.6 cm³/mol. The van der Waals surface area contributed by atoms with E-state index in [1.165, 1.54) is 18.4 Å². The number of rotatable bonds is 5. The Bertz CT molecular complexity index is 644. The predicted octanol–water partition coefficient (Wildman–Crippen LogP) is 2.07. The van der Waals surface area contributed by atoms with Gasteiger partial charge in [-0.3, -0.25) is 4.68 Å². The maximum Gasteiger partial charge on any atom is 0.137 e. The minimum Gasteiger partial charge on any atom is -0.373 e. The Balaban J connectivity index is 1.90. The van der Waals surface area contributed by atoms with Crippen LogP contribution in [-0.2, 0) is 13.6 Å². The fourth-order valence-corrected chi connectivity index (χ4v) is 2.56. The van der Waals surface area contributed by atoms with Crippen molar-refractivity contribution in [2.45, 2.75) is 32.2 Å². The van der Waals surface area contributed by atoms with Gasteiger partial charge in [-0.2, -0.15) is 5.10 Å². The number of nitrogens with one attached hydrogen (secondary N) is 1. The number of anilines is 2. The molecule has 0 saturated heterocycles. The van der Waals surface area contributed by atoms with Crippen LogP contribution in [0.1, 0.15) is 35.7 Å². The fraction of sp³-hybridized carbons (Fsp3) is 0.533. The van der Waals surface area contributed by atoms with Gasteiger partial charge in [0.25, 0.3) is 0 Å². The van der Waals surface area contributed by atoms with Crippen LogP contribution in [0.2, 0.25) is 0 Å². The van der Waals surface area contributed by atoms with Gasteiger partial charge in [0.2, 0.25) is 0 Å². The minimum atomic E-state index is 0.545. The highest BCUT2D eigenvalue weighted by atomic mass is 15.2. The second kappa shape index (κ2) is 5.35. The van der Waals surface area contributed by atoms with Gasteiger partial charge in [-0.05, 0) is 19.8 Å². The van der Waals surface area contributed by atoms with Gasteiger partial charge < -0.3 is 10.2 Å². The molecule has 2 aromatic rings. The van der Waals surface area contributed by atoms with Crippen LogP contribution < -0.4 is 10.2 Å². The van der Waals surface area contributed by atoms with Crippen LogP contribution in [0.4, 0.5) is 11.6 Å². The van der Waals surface area contributed by atoms with Crippen molar-refractivity contribution in [3.05, 3.63) is 29.3 Å². The van der Waals surface area contributed by atoms with Gasteiger partial charge in [0, 0.05) is 50.9 Å². The van der Waals surface area contributed by atoms with Crippen LogP contribution in [0.15, 0.2) is 12.4 Å². The first-order chi connectivity index (χ1) is 10.1. The van der Waals surface area contributed by atoms with Crippen LogP contribution in [0.5, 0.6) is 0 Å². The number of nitrogens with zero attached hydrogens (tertiary/aromatic N) is 5. The summed E-state index contributed by atoms with van der Waals surface area (Å²) in [7, 11) is 5.92. The third kappa shape index (κ3) is 2.84. The average Bonchev–Trinajstić information content (AvgIpc) is 3.23. The van der Waals surface area contributed by atoms with Crippen molar-refractivity contribution < 1.29 is 0 Å². The van der Waals surface area contributed by atoms with Gasteiger partial charge in [-0.15, -0.1) is 0 Å².